The first-order valence-electron chi connectivity index (χ1n) is 9.61. The van der Waals surface area contributed by atoms with Crippen LogP contribution in [0.3, 0.4) is 0 Å². The molecule has 3 rings (SSSR count). The molecule has 0 saturated heterocycles. The molecule has 30 heavy (non-hydrogen) atoms. The minimum absolute atomic E-state index is 0.197. The fourth-order valence-electron chi connectivity index (χ4n) is 3.04. The maximum absolute atomic E-state index is 13.1. The molecular weight excluding hydrogens is 396 g/mol. The number of carbonyl (C=O) groups excluding carboxylic acids is 1. The molecule has 0 fully saturated rings. The SMILES string of the molecule is COCCOc1cccc(NC(=S)NC(=O)C(c2ccccc2)c2ccccc2)c1. The summed E-state index contributed by atoms with van der Waals surface area (Å²) in [4.78, 5) is 13.1. The molecule has 0 atom stereocenters. The fourth-order valence-corrected chi connectivity index (χ4v) is 3.26. The summed E-state index contributed by atoms with van der Waals surface area (Å²) >= 11 is 5.38. The zero-order valence-electron chi connectivity index (χ0n) is 16.7. The Morgan fingerprint density at radius 3 is 2.13 bits per heavy atom. The minimum atomic E-state index is -0.462. The van der Waals surface area contributed by atoms with Gasteiger partial charge in [0.2, 0.25) is 5.91 Å². The van der Waals surface area contributed by atoms with Gasteiger partial charge in [-0.3, -0.25) is 4.79 Å². The maximum Gasteiger partial charge on any atom is 0.238 e. The molecule has 3 aromatic rings. The topological polar surface area (TPSA) is 59.6 Å². The number of hydrogen-bond acceptors (Lipinski definition) is 4. The molecule has 2 N–H and O–H groups in total. The van der Waals surface area contributed by atoms with E-state index in [9.17, 15) is 4.79 Å². The Balaban J connectivity index is 1.69. The van der Waals surface area contributed by atoms with Gasteiger partial charge >= 0.3 is 0 Å². The maximum atomic E-state index is 13.1. The number of ether oxygens (including phenoxy) is 2. The van der Waals surface area contributed by atoms with E-state index in [1.807, 2.05) is 84.9 Å². The molecule has 154 valence electrons. The van der Waals surface area contributed by atoms with Crippen molar-refractivity contribution in [3.63, 3.8) is 0 Å². The molecule has 6 heteroatoms. The van der Waals surface area contributed by atoms with Gasteiger partial charge in [-0.15, -0.1) is 0 Å². The van der Waals surface area contributed by atoms with Crippen LogP contribution in [0.4, 0.5) is 5.69 Å². The van der Waals surface area contributed by atoms with Gasteiger partial charge in [0.05, 0.1) is 12.5 Å². The third kappa shape index (κ3) is 6.14. The number of methoxy groups -OCH3 is 1. The van der Waals surface area contributed by atoms with Gasteiger partial charge in [-0.1, -0.05) is 66.7 Å². The van der Waals surface area contributed by atoms with Crippen molar-refractivity contribution in [2.24, 2.45) is 0 Å². The highest BCUT2D eigenvalue weighted by Crippen LogP contribution is 2.25. The molecule has 0 aliphatic heterocycles. The highest BCUT2D eigenvalue weighted by atomic mass is 32.1. The number of thiocarbonyl (C=S) groups is 1. The second-order valence-corrected chi connectivity index (χ2v) is 6.98. The minimum Gasteiger partial charge on any atom is -0.491 e. The van der Waals surface area contributed by atoms with Crippen molar-refractivity contribution in [3.05, 3.63) is 96.1 Å². The van der Waals surface area contributed by atoms with Crippen molar-refractivity contribution >= 4 is 28.9 Å². The smallest absolute Gasteiger partial charge is 0.238 e. The summed E-state index contributed by atoms with van der Waals surface area (Å²) in [5, 5.41) is 6.10. The molecule has 3 aromatic carbocycles. The average molecular weight is 421 g/mol. The lowest BCUT2D eigenvalue weighted by molar-refractivity contribution is -0.120. The number of anilines is 1. The third-order valence-corrected chi connectivity index (χ3v) is 4.62. The van der Waals surface area contributed by atoms with Gasteiger partial charge in [0, 0.05) is 18.9 Å². The van der Waals surface area contributed by atoms with Crippen LogP contribution in [0, 0.1) is 0 Å². The van der Waals surface area contributed by atoms with Crippen molar-refractivity contribution in [3.8, 4) is 5.75 Å². The summed E-state index contributed by atoms with van der Waals surface area (Å²) in [6.07, 6.45) is 0. The Hall–Kier alpha value is -3.22. The number of amides is 1. The highest BCUT2D eigenvalue weighted by molar-refractivity contribution is 7.80. The van der Waals surface area contributed by atoms with E-state index in [-0.39, 0.29) is 11.0 Å². The van der Waals surface area contributed by atoms with E-state index in [2.05, 4.69) is 10.6 Å². The van der Waals surface area contributed by atoms with E-state index in [1.54, 1.807) is 7.11 Å². The zero-order chi connectivity index (χ0) is 21.2. The van der Waals surface area contributed by atoms with Gasteiger partial charge in [-0.05, 0) is 35.5 Å². The van der Waals surface area contributed by atoms with E-state index in [0.29, 0.717) is 19.0 Å². The van der Waals surface area contributed by atoms with E-state index >= 15 is 0 Å². The molecule has 1 amide bonds. The van der Waals surface area contributed by atoms with Gasteiger partial charge in [0.25, 0.3) is 0 Å². The summed E-state index contributed by atoms with van der Waals surface area (Å²) in [6.45, 7) is 0.962. The van der Waals surface area contributed by atoms with Crippen LogP contribution in [0.5, 0.6) is 5.75 Å². The van der Waals surface area contributed by atoms with Gasteiger partial charge in [-0.25, -0.2) is 0 Å². The van der Waals surface area contributed by atoms with Crippen LogP contribution in [-0.4, -0.2) is 31.3 Å². The predicted molar refractivity (Wildman–Crippen MR) is 123 cm³/mol. The van der Waals surface area contributed by atoms with Crippen molar-refractivity contribution in [2.45, 2.75) is 5.92 Å². The number of rotatable bonds is 8. The summed E-state index contributed by atoms with van der Waals surface area (Å²) in [5.74, 6) is 0.0332. The van der Waals surface area contributed by atoms with Crippen molar-refractivity contribution in [1.82, 2.24) is 5.32 Å². The first-order chi connectivity index (χ1) is 14.7. The Labute approximate surface area is 182 Å². The molecule has 0 radical (unpaired) electrons. The average Bonchev–Trinajstić information content (AvgIpc) is 2.76. The lowest BCUT2D eigenvalue weighted by atomic mass is 9.90. The van der Waals surface area contributed by atoms with Crippen LogP contribution in [0.25, 0.3) is 0 Å². The van der Waals surface area contributed by atoms with Crippen LogP contribution < -0.4 is 15.4 Å². The normalized spacial score (nSPS) is 10.5. The van der Waals surface area contributed by atoms with Crippen molar-refractivity contribution < 1.29 is 14.3 Å². The Morgan fingerprint density at radius 1 is 0.900 bits per heavy atom. The van der Waals surface area contributed by atoms with Gasteiger partial charge in [0.15, 0.2) is 5.11 Å². The van der Waals surface area contributed by atoms with Crippen LogP contribution in [-0.2, 0) is 9.53 Å². The summed E-state index contributed by atoms with van der Waals surface area (Å²) in [7, 11) is 1.63. The number of nitrogens with one attached hydrogen (secondary N) is 2. The molecule has 5 nitrogen and oxygen atoms in total. The van der Waals surface area contributed by atoms with E-state index < -0.39 is 5.92 Å². The van der Waals surface area contributed by atoms with E-state index in [0.717, 1.165) is 16.8 Å². The van der Waals surface area contributed by atoms with Crippen LogP contribution >= 0.6 is 12.2 Å². The first-order valence-corrected chi connectivity index (χ1v) is 10.0. The number of benzene rings is 3. The molecule has 0 heterocycles. The summed E-state index contributed by atoms with van der Waals surface area (Å²) in [6, 6.07) is 26.7. The van der Waals surface area contributed by atoms with Crippen LogP contribution in [0.2, 0.25) is 0 Å². The predicted octanol–water partition coefficient (Wildman–Crippen LogP) is 4.36. The zero-order valence-corrected chi connectivity index (χ0v) is 17.5. The first kappa shape index (κ1) is 21.5. The lowest BCUT2D eigenvalue weighted by Crippen LogP contribution is -2.37. The third-order valence-electron chi connectivity index (χ3n) is 4.41. The molecule has 0 unspecified atom stereocenters. The molecule has 0 aliphatic rings. The molecule has 0 bridgehead atoms. The molecule has 0 saturated carbocycles. The van der Waals surface area contributed by atoms with Crippen molar-refractivity contribution in [1.29, 1.82) is 0 Å². The van der Waals surface area contributed by atoms with Crippen LogP contribution in [0.1, 0.15) is 17.0 Å². The Kier molecular flexibility index (Phi) is 7.94. The lowest BCUT2D eigenvalue weighted by Gasteiger charge is -2.19. The second-order valence-electron chi connectivity index (χ2n) is 6.57. The second kappa shape index (κ2) is 11.1. The largest absolute Gasteiger partial charge is 0.491 e. The molecular formula is C24H24N2O3S. The monoisotopic (exact) mass is 420 g/mol. The quantitative estimate of drug-likeness (QED) is 0.419. The highest BCUT2D eigenvalue weighted by Gasteiger charge is 2.23. The molecule has 0 spiro atoms. The Morgan fingerprint density at radius 2 is 1.53 bits per heavy atom. The van der Waals surface area contributed by atoms with E-state index in [1.165, 1.54) is 0 Å². The fraction of sp³-hybridized carbons (Fsp3) is 0.167. The van der Waals surface area contributed by atoms with Gasteiger partial charge < -0.3 is 20.1 Å². The number of carbonyl (C=O) groups is 1. The summed E-state index contributed by atoms with van der Waals surface area (Å²) in [5.41, 5.74) is 2.53. The molecule has 0 aliphatic carbocycles. The summed E-state index contributed by atoms with van der Waals surface area (Å²) < 4.78 is 10.6. The van der Waals surface area contributed by atoms with Gasteiger partial charge in [0.1, 0.15) is 12.4 Å². The van der Waals surface area contributed by atoms with Crippen LogP contribution in [0.15, 0.2) is 84.9 Å². The standard InChI is InChI=1S/C24H24N2O3S/c1-28-15-16-29-21-14-8-13-20(17-21)25-24(30)26-23(27)22(18-9-4-2-5-10-18)19-11-6-3-7-12-19/h2-14,17,22H,15-16H2,1H3,(H2,25,26,27,30). The van der Waals surface area contributed by atoms with Gasteiger partial charge in [-0.2, -0.15) is 0 Å². The number of hydrogen-bond donors (Lipinski definition) is 2. The Bertz CT molecular complexity index is 925. The van der Waals surface area contributed by atoms with Crippen molar-refractivity contribution in [2.75, 3.05) is 25.6 Å². The molecule has 0 aromatic heterocycles. The van der Waals surface area contributed by atoms with E-state index in [4.69, 9.17) is 21.7 Å².